The Morgan fingerprint density at radius 1 is 1.50 bits per heavy atom. The molecule has 0 amide bonds. The molecule has 2 heterocycles. The number of nitrogens with one attached hydrogen (secondary N) is 1. The molecule has 0 radical (unpaired) electrons. The van der Waals surface area contributed by atoms with E-state index in [-0.39, 0.29) is 0 Å². The predicted octanol–water partition coefficient (Wildman–Crippen LogP) is 2.71. The molecule has 1 aliphatic heterocycles. The molecule has 1 aliphatic rings. The van der Waals surface area contributed by atoms with E-state index in [0.29, 0.717) is 17.3 Å². The van der Waals surface area contributed by atoms with Gasteiger partial charge in [-0.2, -0.15) is 11.8 Å². The summed E-state index contributed by atoms with van der Waals surface area (Å²) in [6, 6.07) is 4.57. The van der Waals surface area contributed by atoms with E-state index in [1.807, 2.05) is 24.0 Å². The third kappa shape index (κ3) is 3.39. The minimum absolute atomic E-state index is 0.394. The number of ether oxygens (including phenoxy) is 1. The maximum Gasteiger partial charge on any atom is 0.212 e. The maximum atomic E-state index is 5.06. The minimum atomic E-state index is 0.394. The van der Waals surface area contributed by atoms with Crippen LogP contribution in [0.15, 0.2) is 18.3 Å². The highest BCUT2D eigenvalue weighted by Gasteiger charge is 2.31. The number of methoxy groups -OCH3 is 1. The number of hydrogen-bond donors (Lipinski definition) is 1. The van der Waals surface area contributed by atoms with E-state index in [1.165, 1.54) is 23.5 Å². The van der Waals surface area contributed by atoms with Gasteiger partial charge in [-0.1, -0.05) is 19.9 Å². The molecular formula is C14H22N2OS. The Kier molecular flexibility index (Phi) is 4.51. The van der Waals surface area contributed by atoms with Crippen LogP contribution in [0.2, 0.25) is 0 Å². The average Bonchev–Trinajstić information content (AvgIpc) is 2.38. The topological polar surface area (TPSA) is 34.1 Å². The zero-order valence-electron chi connectivity index (χ0n) is 11.4. The zero-order chi connectivity index (χ0) is 13.0. The molecule has 1 aromatic heterocycles. The van der Waals surface area contributed by atoms with Crippen molar-refractivity contribution in [3.63, 3.8) is 0 Å². The minimum Gasteiger partial charge on any atom is -0.481 e. The second-order valence-electron chi connectivity index (χ2n) is 5.46. The van der Waals surface area contributed by atoms with Crippen molar-refractivity contribution in [3.05, 3.63) is 23.9 Å². The summed E-state index contributed by atoms with van der Waals surface area (Å²) >= 11 is 2.05. The maximum absolute atomic E-state index is 5.06. The number of pyridine rings is 1. The van der Waals surface area contributed by atoms with Crippen molar-refractivity contribution in [1.29, 1.82) is 0 Å². The summed E-state index contributed by atoms with van der Waals surface area (Å²) in [7, 11) is 1.64. The van der Waals surface area contributed by atoms with Gasteiger partial charge in [-0.25, -0.2) is 4.98 Å². The van der Waals surface area contributed by atoms with E-state index in [4.69, 9.17) is 4.74 Å². The van der Waals surface area contributed by atoms with Crippen LogP contribution >= 0.6 is 11.8 Å². The second-order valence-corrected chi connectivity index (χ2v) is 6.61. The third-order valence-corrected chi connectivity index (χ3v) is 4.74. The van der Waals surface area contributed by atoms with E-state index in [0.717, 1.165) is 6.54 Å². The summed E-state index contributed by atoms with van der Waals surface area (Å²) in [6.45, 7) is 5.60. The van der Waals surface area contributed by atoms with Gasteiger partial charge in [0, 0.05) is 30.6 Å². The van der Waals surface area contributed by atoms with Crippen LogP contribution in [-0.4, -0.2) is 29.6 Å². The average molecular weight is 266 g/mol. The molecule has 0 aromatic carbocycles. The lowest BCUT2D eigenvalue weighted by Crippen LogP contribution is -2.46. The van der Waals surface area contributed by atoms with Crippen molar-refractivity contribution in [2.45, 2.75) is 32.9 Å². The molecule has 100 valence electrons. The zero-order valence-corrected chi connectivity index (χ0v) is 12.2. The first kappa shape index (κ1) is 13.7. The fourth-order valence-electron chi connectivity index (χ4n) is 2.15. The molecule has 0 spiro atoms. The van der Waals surface area contributed by atoms with E-state index < -0.39 is 0 Å². The van der Waals surface area contributed by atoms with Crippen molar-refractivity contribution < 1.29 is 4.74 Å². The molecule has 18 heavy (non-hydrogen) atoms. The Labute approximate surface area is 114 Å². The van der Waals surface area contributed by atoms with Crippen LogP contribution in [0, 0.1) is 5.41 Å². The molecule has 1 fully saturated rings. The lowest BCUT2D eigenvalue weighted by Gasteiger charge is -2.38. The number of nitrogens with zero attached hydrogens (tertiary/aromatic N) is 1. The summed E-state index contributed by atoms with van der Waals surface area (Å²) in [6.07, 6.45) is 3.17. The van der Waals surface area contributed by atoms with E-state index in [2.05, 4.69) is 30.2 Å². The molecule has 1 aromatic rings. The first-order valence-corrected chi connectivity index (χ1v) is 7.57. The SMILES string of the molecule is COc1ccc(CNC2CSCCC2(C)C)cn1. The van der Waals surface area contributed by atoms with Gasteiger partial charge >= 0.3 is 0 Å². The quantitative estimate of drug-likeness (QED) is 0.908. The largest absolute Gasteiger partial charge is 0.481 e. The molecule has 1 atom stereocenters. The van der Waals surface area contributed by atoms with Crippen LogP contribution in [0.5, 0.6) is 5.88 Å². The molecule has 2 rings (SSSR count). The van der Waals surface area contributed by atoms with Crippen molar-refractivity contribution in [3.8, 4) is 5.88 Å². The highest BCUT2D eigenvalue weighted by molar-refractivity contribution is 7.99. The highest BCUT2D eigenvalue weighted by atomic mass is 32.2. The highest BCUT2D eigenvalue weighted by Crippen LogP contribution is 2.34. The first-order chi connectivity index (χ1) is 8.62. The van der Waals surface area contributed by atoms with E-state index in [1.54, 1.807) is 7.11 Å². The predicted molar refractivity (Wildman–Crippen MR) is 77.1 cm³/mol. The van der Waals surface area contributed by atoms with Crippen LogP contribution in [0.4, 0.5) is 0 Å². The van der Waals surface area contributed by atoms with Crippen molar-refractivity contribution >= 4 is 11.8 Å². The molecule has 0 bridgehead atoms. The van der Waals surface area contributed by atoms with Gasteiger partial charge in [0.25, 0.3) is 0 Å². The summed E-state index contributed by atoms with van der Waals surface area (Å²) in [5, 5.41) is 3.66. The smallest absolute Gasteiger partial charge is 0.212 e. The van der Waals surface area contributed by atoms with Crippen molar-refractivity contribution in [2.75, 3.05) is 18.6 Å². The monoisotopic (exact) mass is 266 g/mol. The van der Waals surface area contributed by atoms with Gasteiger partial charge in [-0.15, -0.1) is 0 Å². The number of aromatic nitrogens is 1. The van der Waals surface area contributed by atoms with Crippen LogP contribution in [0.25, 0.3) is 0 Å². The van der Waals surface area contributed by atoms with Gasteiger partial charge in [0.15, 0.2) is 0 Å². The van der Waals surface area contributed by atoms with Crippen LogP contribution in [-0.2, 0) is 6.54 Å². The summed E-state index contributed by atoms with van der Waals surface area (Å²) in [5.74, 6) is 3.17. The number of rotatable bonds is 4. The summed E-state index contributed by atoms with van der Waals surface area (Å²) in [4.78, 5) is 4.23. The fraction of sp³-hybridized carbons (Fsp3) is 0.643. The van der Waals surface area contributed by atoms with Crippen molar-refractivity contribution in [1.82, 2.24) is 10.3 Å². The van der Waals surface area contributed by atoms with Crippen LogP contribution in [0.3, 0.4) is 0 Å². The van der Waals surface area contributed by atoms with Gasteiger partial charge in [-0.05, 0) is 23.2 Å². The van der Waals surface area contributed by atoms with Gasteiger partial charge < -0.3 is 10.1 Å². The fourth-order valence-corrected chi connectivity index (χ4v) is 3.79. The molecular weight excluding hydrogens is 244 g/mol. The van der Waals surface area contributed by atoms with Crippen molar-refractivity contribution in [2.24, 2.45) is 5.41 Å². The molecule has 1 N–H and O–H groups in total. The van der Waals surface area contributed by atoms with E-state index >= 15 is 0 Å². The van der Waals surface area contributed by atoms with Crippen LogP contribution in [0.1, 0.15) is 25.8 Å². The van der Waals surface area contributed by atoms with Gasteiger partial charge in [0.1, 0.15) is 0 Å². The molecule has 1 unspecified atom stereocenters. The Morgan fingerprint density at radius 2 is 2.33 bits per heavy atom. The summed E-state index contributed by atoms with van der Waals surface area (Å²) < 4.78 is 5.06. The van der Waals surface area contributed by atoms with Gasteiger partial charge in [0.05, 0.1) is 7.11 Å². The lowest BCUT2D eigenvalue weighted by molar-refractivity contribution is 0.245. The Morgan fingerprint density at radius 3 is 2.94 bits per heavy atom. The Hall–Kier alpha value is -0.740. The Bertz CT molecular complexity index is 378. The van der Waals surface area contributed by atoms with Crippen LogP contribution < -0.4 is 10.1 Å². The molecule has 3 nitrogen and oxygen atoms in total. The standard InChI is InChI=1S/C14H22N2OS/c1-14(2)6-7-18-10-12(14)15-8-11-4-5-13(17-3)16-9-11/h4-5,9,12,15H,6-8,10H2,1-3H3. The van der Waals surface area contributed by atoms with Gasteiger partial charge in [-0.3, -0.25) is 0 Å². The lowest BCUT2D eigenvalue weighted by atomic mass is 9.82. The molecule has 0 aliphatic carbocycles. The van der Waals surface area contributed by atoms with Gasteiger partial charge in [0.2, 0.25) is 5.88 Å². The number of thioether (sulfide) groups is 1. The molecule has 4 heteroatoms. The normalized spacial score (nSPS) is 22.7. The van der Waals surface area contributed by atoms with E-state index in [9.17, 15) is 0 Å². The summed E-state index contributed by atoms with van der Waals surface area (Å²) in [5.41, 5.74) is 1.60. The first-order valence-electron chi connectivity index (χ1n) is 6.42. The number of hydrogen-bond acceptors (Lipinski definition) is 4. The third-order valence-electron chi connectivity index (χ3n) is 3.68. The Balaban J connectivity index is 1.90. The molecule has 1 saturated heterocycles. The second kappa shape index (κ2) is 5.93. The molecule has 0 saturated carbocycles.